The highest BCUT2D eigenvalue weighted by molar-refractivity contribution is 5.94. The molecule has 0 bridgehead atoms. The molecule has 1 N–H and O–H groups in total. The lowest BCUT2D eigenvalue weighted by molar-refractivity contribution is -0.00903. The van der Waals surface area contributed by atoms with Crippen LogP contribution in [0.15, 0.2) is 18.5 Å². The molecule has 1 amide bonds. The number of nitrogens with one attached hydrogen (secondary N) is 1. The number of amides is 1. The third kappa shape index (κ3) is 2.99. The fourth-order valence-corrected chi connectivity index (χ4v) is 3.22. The van der Waals surface area contributed by atoms with Crippen molar-refractivity contribution < 1.29 is 14.3 Å². The van der Waals surface area contributed by atoms with E-state index in [1.165, 1.54) is 0 Å². The van der Waals surface area contributed by atoms with E-state index in [1.54, 1.807) is 24.2 Å². The number of aromatic nitrogens is 3. The van der Waals surface area contributed by atoms with Crippen molar-refractivity contribution in [1.29, 1.82) is 0 Å². The first kappa shape index (κ1) is 16.4. The van der Waals surface area contributed by atoms with Gasteiger partial charge in [0.2, 0.25) is 0 Å². The lowest BCUT2D eigenvalue weighted by atomic mass is 9.99. The van der Waals surface area contributed by atoms with Gasteiger partial charge < -0.3 is 14.8 Å². The Morgan fingerprint density at radius 3 is 3.04 bits per heavy atom. The number of hydrogen-bond acceptors (Lipinski definition) is 5. The van der Waals surface area contributed by atoms with Crippen LogP contribution < -0.4 is 10.1 Å². The molecule has 128 valence electrons. The Balaban J connectivity index is 1.80. The summed E-state index contributed by atoms with van der Waals surface area (Å²) in [6.45, 7) is 4.35. The maximum absolute atomic E-state index is 12.6. The lowest BCUT2D eigenvalue weighted by Crippen LogP contribution is -2.27. The van der Waals surface area contributed by atoms with Crippen molar-refractivity contribution >= 4 is 5.91 Å². The first-order chi connectivity index (χ1) is 11.5. The summed E-state index contributed by atoms with van der Waals surface area (Å²) in [5.41, 5.74) is 3.29. The number of carbonyl (C=O) groups excluding carboxylic acids is 1. The highest BCUT2D eigenvalue weighted by Crippen LogP contribution is 2.31. The van der Waals surface area contributed by atoms with Gasteiger partial charge in [-0.2, -0.15) is 5.10 Å². The van der Waals surface area contributed by atoms with Crippen LogP contribution in [0.5, 0.6) is 5.75 Å². The van der Waals surface area contributed by atoms with Gasteiger partial charge in [0.1, 0.15) is 5.75 Å². The Labute approximate surface area is 141 Å². The maximum atomic E-state index is 12.6. The molecular formula is C17H22N4O3. The quantitative estimate of drug-likeness (QED) is 0.924. The summed E-state index contributed by atoms with van der Waals surface area (Å²) in [6.07, 6.45) is 4.00. The summed E-state index contributed by atoms with van der Waals surface area (Å²) >= 11 is 0. The van der Waals surface area contributed by atoms with Gasteiger partial charge >= 0.3 is 0 Å². The van der Waals surface area contributed by atoms with E-state index < -0.39 is 0 Å². The highest BCUT2D eigenvalue weighted by Gasteiger charge is 2.31. The van der Waals surface area contributed by atoms with E-state index in [1.807, 2.05) is 27.0 Å². The number of aryl methyl sites for hydroxylation is 1. The molecule has 7 heteroatoms. The Hall–Kier alpha value is -2.41. The summed E-state index contributed by atoms with van der Waals surface area (Å²) in [5.74, 6) is 0.462. The molecule has 0 aliphatic carbocycles. The van der Waals surface area contributed by atoms with Crippen molar-refractivity contribution in [3.63, 3.8) is 0 Å². The summed E-state index contributed by atoms with van der Waals surface area (Å²) < 4.78 is 12.8. The molecular weight excluding hydrogens is 308 g/mol. The Morgan fingerprint density at radius 1 is 1.50 bits per heavy atom. The Kier molecular flexibility index (Phi) is 4.53. The van der Waals surface area contributed by atoms with Gasteiger partial charge in [0.15, 0.2) is 5.69 Å². The number of ether oxygens (including phenoxy) is 2. The zero-order valence-electron chi connectivity index (χ0n) is 14.4. The molecule has 1 aliphatic rings. The van der Waals surface area contributed by atoms with Crippen LogP contribution in [0.25, 0.3) is 0 Å². The molecule has 2 atom stereocenters. The maximum Gasteiger partial charge on any atom is 0.272 e. The van der Waals surface area contributed by atoms with Crippen LogP contribution >= 0.6 is 0 Å². The van der Waals surface area contributed by atoms with Crippen LogP contribution in [0, 0.1) is 0 Å². The van der Waals surface area contributed by atoms with Crippen molar-refractivity contribution in [1.82, 2.24) is 20.1 Å². The SMILES string of the molecule is COc1cnccc1CNC(=O)c1nn(C)c2c1C[C@H](C)O[C@@H]2C. The monoisotopic (exact) mass is 330 g/mol. The molecule has 0 saturated heterocycles. The van der Waals surface area contributed by atoms with Crippen LogP contribution in [0.3, 0.4) is 0 Å². The van der Waals surface area contributed by atoms with Crippen molar-refractivity contribution in [2.45, 2.75) is 39.0 Å². The molecule has 0 unspecified atom stereocenters. The molecule has 3 rings (SSSR count). The number of carbonyl (C=O) groups is 1. The van der Waals surface area contributed by atoms with Crippen molar-refractivity contribution in [3.8, 4) is 5.75 Å². The number of methoxy groups -OCH3 is 1. The third-order valence-corrected chi connectivity index (χ3v) is 4.25. The summed E-state index contributed by atoms with van der Waals surface area (Å²) in [5, 5.41) is 7.33. The van der Waals surface area contributed by atoms with Crippen LogP contribution in [0.2, 0.25) is 0 Å². The summed E-state index contributed by atoms with van der Waals surface area (Å²) in [7, 11) is 3.43. The van der Waals surface area contributed by atoms with Gasteiger partial charge in [0.05, 0.1) is 31.2 Å². The van der Waals surface area contributed by atoms with Crippen LogP contribution in [-0.4, -0.2) is 33.9 Å². The Morgan fingerprint density at radius 2 is 2.29 bits per heavy atom. The second-order valence-electron chi connectivity index (χ2n) is 6.00. The van der Waals surface area contributed by atoms with E-state index in [2.05, 4.69) is 15.4 Å². The van der Waals surface area contributed by atoms with E-state index in [9.17, 15) is 4.79 Å². The van der Waals surface area contributed by atoms with E-state index in [0.717, 1.165) is 16.8 Å². The van der Waals surface area contributed by atoms with Gasteiger partial charge in [-0.05, 0) is 19.9 Å². The predicted molar refractivity (Wildman–Crippen MR) is 87.8 cm³/mol. The summed E-state index contributed by atoms with van der Waals surface area (Å²) in [6, 6.07) is 1.82. The van der Waals surface area contributed by atoms with E-state index >= 15 is 0 Å². The zero-order chi connectivity index (χ0) is 17.3. The first-order valence-electron chi connectivity index (χ1n) is 7.97. The smallest absolute Gasteiger partial charge is 0.272 e. The minimum absolute atomic E-state index is 0.0666. The largest absolute Gasteiger partial charge is 0.495 e. The molecule has 3 heterocycles. The second kappa shape index (κ2) is 6.60. The zero-order valence-corrected chi connectivity index (χ0v) is 14.4. The molecule has 24 heavy (non-hydrogen) atoms. The minimum Gasteiger partial charge on any atom is -0.495 e. The Bertz CT molecular complexity index is 756. The lowest BCUT2D eigenvalue weighted by Gasteiger charge is -2.26. The van der Waals surface area contributed by atoms with Gasteiger partial charge in [-0.1, -0.05) is 0 Å². The van der Waals surface area contributed by atoms with Gasteiger partial charge in [-0.3, -0.25) is 14.5 Å². The van der Waals surface area contributed by atoms with Crippen LogP contribution in [0.1, 0.15) is 47.3 Å². The molecule has 7 nitrogen and oxygen atoms in total. The van der Waals surface area contributed by atoms with Gasteiger partial charge in [-0.25, -0.2) is 0 Å². The molecule has 0 saturated carbocycles. The predicted octanol–water partition coefficient (Wildman–Crippen LogP) is 1.78. The summed E-state index contributed by atoms with van der Waals surface area (Å²) in [4.78, 5) is 16.6. The molecule has 2 aromatic rings. The van der Waals surface area contributed by atoms with Crippen molar-refractivity contribution in [3.05, 3.63) is 41.0 Å². The fourth-order valence-electron chi connectivity index (χ4n) is 3.22. The number of rotatable bonds is 4. The average molecular weight is 330 g/mol. The number of fused-ring (bicyclic) bond motifs is 1. The highest BCUT2D eigenvalue weighted by atomic mass is 16.5. The van der Waals surface area contributed by atoms with E-state index in [-0.39, 0.29) is 18.1 Å². The number of pyridine rings is 1. The first-order valence-corrected chi connectivity index (χ1v) is 7.97. The molecule has 0 aromatic carbocycles. The third-order valence-electron chi connectivity index (χ3n) is 4.25. The van der Waals surface area contributed by atoms with Crippen molar-refractivity contribution in [2.75, 3.05) is 7.11 Å². The number of nitrogens with zero attached hydrogens (tertiary/aromatic N) is 3. The second-order valence-corrected chi connectivity index (χ2v) is 6.00. The van der Waals surface area contributed by atoms with Crippen molar-refractivity contribution in [2.24, 2.45) is 7.05 Å². The van der Waals surface area contributed by atoms with Gasteiger partial charge in [0.25, 0.3) is 5.91 Å². The average Bonchev–Trinajstić information content (AvgIpc) is 2.89. The molecule has 0 spiro atoms. The molecule has 1 aliphatic heterocycles. The topological polar surface area (TPSA) is 78.3 Å². The van der Waals surface area contributed by atoms with Gasteiger partial charge in [-0.15, -0.1) is 0 Å². The molecule has 0 fully saturated rings. The van der Waals surface area contributed by atoms with E-state index in [0.29, 0.717) is 24.4 Å². The van der Waals surface area contributed by atoms with Crippen LogP contribution in [-0.2, 0) is 24.8 Å². The number of hydrogen-bond donors (Lipinski definition) is 1. The fraction of sp³-hybridized carbons (Fsp3) is 0.471. The minimum atomic E-state index is -0.188. The van der Waals surface area contributed by atoms with E-state index in [4.69, 9.17) is 9.47 Å². The molecule has 0 radical (unpaired) electrons. The standard InChI is InChI=1S/C17H22N4O3/c1-10-7-13-15(20-21(3)16(13)11(2)24-10)17(22)19-8-12-5-6-18-9-14(12)23-4/h5-6,9-11H,7-8H2,1-4H3,(H,19,22)/t10-,11+/m0/s1. The normalized spacial score (nSPS) is 19.7. The van der Waals surface area contributed by atoms with Gasteiger partial charge in [0, 0.05) is 37.3 Å². The van der Waals surface area contributed by atoms with Crippen LogP contribution in [0.4, 0.5) is 0 Å². The molecule has 2 aromatic heterocycles.